The zero-order valence-electron chi connectivity index (χ0n) is 31.3. The smallest absolute Gasteiger partial charge is 0.251 e. The predicted molar refractivity (Wildman–Crippen MR) is 221 cm³/mol. The van der Waals surface area contributed by atoms with Gasteiger partial charge in [-0.2, -0.15) is 0 Å². The summed E-state index contributed by atoms with van der Waals surface area (Å²) in [7, 11) is 0. The molecule has 2 aliphatic rings. The van der Waals surface area contributed by atoms with Crippen molar-refractivity contribution in [2.75, 3.05) is 31.1 Å². The van der Waals surface area contributed by atoms with Gasteiger partial charge in [-0.05, 0) is 111 Å². The number of anilines is 1. The van der Waals surface area contributed by atoms with E-state index in [4.69, 9.17) is 16.6 Å². The average molecular weight is 730 g/mol. The number of nitrogens with zero attached hydrogens (tertiary/aromatic N) is 3. The highest BCUT2D eigenvalue weighted by atomic mass is 35.5. The van der Waals surface area contributed by atoms with E-state index < -0.39 is 0 Å². The minimum Gasteiger partial charge on any atom is -0.356 e. The number of carbonyl (C=O) groups is 2. The van der Waals surface area contributed by atoms with Crippen LogP contribution in [0.5, 0.6) is 0 Å². The maximum atomic E-state index is 13.2. The molecule has 3 aromatic rings. The predicted octanol–water partition coefficient (Wildman–Crippen LogP) is 9.13. The summed E-state index contributed by atoms with van der Waals surface area (Å²) in [5.74, 6) is 0.841. The van der Waals surface area contributed by atoms with Crippen molar-refractivity contribution in [3.8, 4) is 0 Å². The Labute approximate surface area is 320 Å². The number of rotatable bonds is 13. The van der Waals surface area contributed by atoms with E-state index in [2.05, 4.69) is 52.6 Å². The maximum absolute atomic E-state index is 13.2. The van der Waals surface area contributed by atoms with Gasteiger partial charge in [0.1, 0.15) is 5.82 Å². The lowest BCUT2D eigenvalue weighted by atomic mass is 9.97. The number of pyridine rings is 1. The van der Waals surface area contributed by atoms with Crippen molar-refractivity contribution < 1.29 is 9.59 Å². The van der Waals surface area contributed by atoms with Gasteiger partial charge in [0.15, 0.2) is 0 Å². The van der Waals surface area contributed by atoms with Crippen LogP contribution in [0.15, 0.2) is 116 Å². The highest BCUT2D eigenvalue weighted by Gasteiger charge is 2.24. The fraction of sp³-hybridized carbons (Fsp3) is 0.311. The first-order valence-corrected chi connectivity index (χ1v) is 19.0. The van der Waals surface area contributed by atoms with Gasteiger partial charge in [0.2, 0.25) is 0 Å². The molecule has 2 aromatic carbocycles. The Kier molecular flexibility index (Phi) is 14.2. The number of halogens is 1. The van der Waals surface area contributed by atoms with E-state index in [9.17, 15) is 9.59 Å². The highest BCUT2D eigenvalue weighted by Crippen LogP contribution is 2.27. The van der Waals surface area contributed by atoms with Gasteiger partial charge in [-0.1, -0.05) is 85.5 Å². The summed E-state index contributed by atoms with van der Waals surface area (Å²) in [5.41, 5.74) is 7.21. The van der Waals surface area contributed by atoms with Crippen LogP contribution in [-0.2, 0) is 6.54 Å². The third-order valence-corrected chi connectivity index (χ3v) is 10.3. The Morgan fingerprint density at radius 2 is 1.34 bits per heavy atom. The van der Waals surface area contributed by atoms with Crippen LogP contribution >= 0.6 is 11.6 Å². The Bertz CT molecular complexity index is 1890. The molecule has 2 N–H and O–H groups in total. The SMILES string of the molecule is C=C/C(=C\C=C/C)c1cc(C(=O)NC2CCN(c3ccc(CN4CCC(NC(=O)c5ccc(Cl)c(/C(C=C)=C/C=C\C)c5)CC4)cn3)CC2)ccc1C. The van der Waals surface area contributed by atoms with E-state index in [1.807, 2.05) is 86.8 Å². The molecule has 3 heterocycles. The van der Waals surface area contributed by atoms with Gasteiger partial charge in [0, 0.05) is 72.7 Å². The summed E-state index contributed by atoms with van der Waals surface area (Å²) >= 11 is 6.47. The van der Waals surface area contributed by atoms with Gasteiger partial charge in [-0.25, -0.2) is 4.98 Å². The molecule has 5 rings (SSSR count). The van der Waals surface area contributed by atoms with Crippen molar-refractivity contribution >= 4 is 40.4 Å². The Hall–Kier alpha value is -4.98. The summed E-state index contributed by atoms with van der Waals surface area (Å²) in [6.45, 7) is 18.1. The number of piperidine rings is 2. The summed E-state index contributed by atoms with van der Waals surface area (Å²) in [6.07, 6.45) is 20.8. The minimum absolute atomic E-state index is 0.0422. The number of amides is 2. The molecule has 2 aliphatic heterocycles. The number of hydrogen-bond donors (Lipinski definition) is 2. The fourth-order valence-corrected chi connectivity index (χ4v) is 7.11. The molecule has 0 saturated carbocycles. The average Bonchev–Trinajstić information content (AvgIpc) is 3.18. The second kappa shape index (κ2) is 19.2. The van der Waals surface area contributed by atoms with Gasteiger partial charge >= 0.3 is 0 Å². The van der Waals surface area contributed by atoms with Crippen LogP contribution < -0.4 is 15.5 Å². The molecule has 0 unspecified atom stereocenters. The van der Waals surface area contributed by atoms with E-state index in [1.54, 1.807) is 18.2 Å². The molecule has 2 fully saturated rings. The van der Waals surface area contributed by atoms with Crippen molar-refractivity contribution in [1.29, 1.82) is 0 Å². The molecule has 53 heavy (non-hydrogen) atoms. The van der Waals surface area contributed by atoms with E-state index in [1.165, 1.54) is 5.56 Å². The summed E-state index contributed by atoms with van der Waals surface area (Å²) < 4.78 is 0. The van der Waals surface area contributed by atoms with Crippen molar-refractivity contribution in [1.82, 2.24) is 20.5 Å². The van der Waals surface area contributed by atoms with E-state index in [-0.39, 0.29) is 23.9 Å². The Morgan fingerprint density at radius 3 is 1.89 bits per heavy atom. The first-order chi connectivity index (χ1) is 25.7. The summed E-state index contributed by atoms with van der Waals surface area (Å²) in [6, 6.07) is 15.8. The van der Waals surface area contributed by atoms with Gasteiger partial charge in [-0.3, -0.25) is 14.5 Å². The number of likely N-dealkylation sites (tertiary alicyclic amines) is 1. The van der Waals surface area contributed by atoms with Crippen LogP contribution in [0, 0.1) is 6.92 Å². The van der Waals surface area contributed by atoms with Crippen LogP contribution in [-0.4, -0.2) is 60.0 Å². The first kappa shape index (κ1) is 39.2. The molecular weight excluding hydrogens is 678 g/mol. The quantitative estimate of drug-likeness (QED) is 0.172. The second-order valence-electron chi connectivity index (χ2n) is 13.7. The van der Waals surface area contributed by atoms with Gasteiger partial charge in [0.25, 0.3) is 11.8 Å². The van der Waals surface area contributed by atoms with Crippen molar-refractivity contribution in [3.63, 3.8) is 0 Å². The van der Waals surface area contributed by atoms with E-state index in [0.29, 0.717) is 16.1 Å². The molecule has 0 spiro atoms. The van der Waals surface area contributed by atoms with Crippen molar-refractivity contribution in [3.05, 3.63) is 155 Å². The molecule has 0 atom stereocenters. The fourth-order valence-electron chi connectivity index (χ4n) is 6.88. The monoisotopic (exact) mass is 729 g/mol. The third-order valence-electron chi connectivity index (χ3n) is 10.0. The van der Waals surface area contributed by atoms with Crippen molar-refractivity contribution in [2.45, 2.75) is 65.1 Å². The van der Waals surface area contributed by atoms with Crippen LogP contribution in [0.25, 0.3) is 11.1 Å². The molecule has 1 aromatic heterocycles. The normalized spacial score (nSPS) is 16.6. The number of carbonyl (C=O) groups excluding carboxylic acids is 2. The standard InChI is InChI=1S/C45H52ClN5O2/c1-6-10-12-34(8-3)40-28-36(16-14-32(40)5)44(52)49-39-22-26-51(27-23-39)43-19-15-33(30-47-43)31-50-24-20-38(21-25-50)48-45(53)37-17-18-42(46)41(29-37)35(9-4)13-11-7-2/h6-19,28-30,38-39H,3-4,20-27,31H2,1-2,5H3,(H,48,53)(H,49,52)/b10-6-,11-7-,34-12+,35-13+. The van der Waals surface area contributed by atoms with Gasteiger partial charge in [-0.15, -0.1) is 0 Å². The molecular formula is C45H52ClN5O2. The molecule has 0 bridgehead atoms. The van der Waals surface area contributed by atoms with E-state index in [0.717, 1.165) is 92.1 Å². The number of nitrogens with one attached hydrogen (secondary N) is 2. The maximum Gasteiger partial charge on any atom is 0.251 e. The van der Waals surface area contributed by atoms with Crippen LogP contribution in [0.4, 0.5) is 5.82 Å². The molecule has 7 nitrogen and oxygen atoms in total. The number of allylic oxidation sites excluding steroid dienone is 10. The van der Waals surface area contributed by atoms with Gasteiger partial charge in [0.05, 0.1) is 0 Å². The van der Waals surface area contributed by atoms with Crippen LogP contribution in [0.3, 0.4) is 0 Å². The summed E-state index contributed by atoms with van der Waals surface area (Å²) in [5, 5.41) is 7.08. The molecule has 0 aliphatic carbocycles. The van der Waals surface area contributed by atoms with E-state index >= 15 is 0 Å². The lowest BCUT2D eigenvalue weighted by Gasteiger charge is -2.34. The number of aromatic nitrogens is 1. The topological polar surface area (TPSA) is 77.6 Å². The lowest BCUT2D eigenvalue weighted by Crippen LogP contribution is -2.45. The number of hydrogen-bond acceptors (Lipinski definition) is 5. The minimum atomic E-state index is -0.0851. The third kappa shape index (κ3) is 10.6. The Morgan fingerprint density at radius 1 is 0.792 bits per heavy atom. The van der Waals surface area contributed by atoms with Crippen molar-refractivity contribution in [2.24, 2.45) is 0 Å². The molecule has 8 heteroatoms. The zero-order chi connectivity index (χ0) is 37.7. The summed E-state index contributed by atoms with van der Waals surface area (Å²) in [4.78, 5) is 35.9. The zero-order valence-corrected chi connectivity index (χ0v) is 32.0. The second-order valence-corrected chi connectivity index (χ2v) is 14.1. The molecule has 2 amide bonds. The molecule has 0 radical (unpaired) electrons. The van der Waals surface area contributed by atoms with Crippen LogP contribution in [0.1, 0.15) is 82.5 Å². The van der Waals surface area contributed by atoms with Crippen LogP contribution in [0.2, 0.25) is 5.02 Å². The molecule has 276 valence electrons. The lowest BCUT2D eigenvalue weighted by molar-refractivity contribution is 0.0906. The Balaban J connectivity index is 1.07. The highest BCUT2D eigenvalue weighted by molar-refractivity contribution is 6.32. The number of benzene rings is 2. The van der Waals surface area contributed by atoms with Gasteiger partial charge < -0.3 is 15.5 Å². The number of aryl methyl sites for hydroxylation is 1. The first-order valence-electron chi connectivity index (χ1n) is 18.6. The molecule has 2 saturated heterocycles. The largest absolute Gasteiger partial charge is 0.356 e.